The lowest BCUT2D eigenvalue weighted by Gasteiger charge is -2.38. The van der Waals surface area contributed by atoms with Gasteiger partial charge in [0.25, 0.3) is 0 Å². The molecule has 1 aromatic heterocycles. The Labute approximate surface area is 200 Å². The number of pyridine rings is 1. The van der Waals surface area contributed by atoms with Gasteiger partial charge >= 0.3 is 0 Å². The Kier molecular flexibility index (Phi) is 6.50. The Morgan fingerprint density at radius 3 is 1.76 bits per heavy atom. The van der Waals surface area contributed by atoms with Crippen LogP contribution in [0.1, 0.15) is 35.1 Å². The van der Waals surface area contributed by atoms with Crippen LogP contribution in [-0.2, 0) is 21.7 Å². The number of rotatable bonds is 8. The van der Waals surface area contributed by atoms with Crippen LogP contribution in [0.4, 0.5) is 0 Å². The van der Waals surface area contributed by atoms with Crippen LogP contribution in [0.5, 0.6) is 0 Å². The highest BCUT2D eigenvalue weighted by Crippen LogP contribution is 2.41. The van der Waals surface area contributed by atoms with Crippen molar-refractivity contribution in [2.24, 2.45) is 0 Å². The summed E-state index contributed by atoms with van der Waals surface area (Å²) in [5.41, 5.74) is 3.50. The van der Waals surface area contributed by atoms with Gasteiger partial charge in [-0.1, -0.05) is 91.0 Å². The fourth-order valence-corrected chi connectivity index (χ4v) is 4.86. The Balaban J connectivity index is 1.52. The van der Waals surface area contributed by atoms with E-state index in [2.05, 4.69) is 41.4 Å². The monoisotopic (exact) mass is 448 g/mol. The molecule has 1 amide bonds. The summed E-state index contributed by atoms with van der Waals surface area (Å²) in [6, 6.07) is 35.0. The number of carbonyl (C=O) groups is 1. The van der Waals surface area contributed by atoms with Crippen LogP contribution >= 0.6 is 0 Å². The minimum Gasteiger partial charge on any atom is -0.359 e. The maximum absolute atomic E-state index is 12.8. The van der Waals surface area contributed by atoms with Crippen molar-refractivity contribution >= 4 is 5.91 Å². The summed E-state index contributed by atoms with van der Waals surface area (Å²) in [5.74, 6) is 0.176. The van der Waals surface area contributed by atoms with Gasteiger partial charge in [0.2, 0.25) is 5.91 Å². The number of aromatic nitrogens is 1. The fourth-order valence-electron chi connectivity index (χ4n) is 4.86. The second kappa shape index (κ2) is 10.0. The van der Waals surface area contributed by atoms with Crippen LogP contribution in [0, 0.1) is 0 Å². The van der Waals surface area contributed by atoms with Gasteiger partial charge in [0.1, 0.15) is 5.60 Å². The first-order valence-electron chi connectivity index (χ1n) is 11.8. The number of hydrogen-bond acceptors (Lipinski definition) is 3. The second-order valence-electron chi connectivity index (χ2n) is 8.66. The van der Waals surface area contributed by atoms with Crippen molar-refractivity contribution < 1.29 is 9.53 Å². The van der Waals surface area contributed by atoms with E-state index in [0.717, 1.165) is 28.7 Å². The average Bonchev–Trinajstić information content (AvgIpc) is 3.26. The maximum atomic E-state index is 12.8. The molecule has 1 atom stereocenters. The maximum Gasteiger partial charge on any atom is 0.223 e. The van der Waals surface area contributed by atoms with Crippen LogP contribution < -0.4 is 0 Å². The smallest absolute Gasteiger partial charge is 0.223 e. The molecule has 0 aliphatic carbocycles. The van der Waals surface area contributed by atoms with Crippen molar-refractivity contribution in [3.05, 3.63) is 138 Å². The van der Waals surface area contributed by atoms with Crippen molar-refractivity contribution in [1.29, 1.82) is 0 Å². The summed E-state index contributed by atoms with van der Waals surface area (Å²) in [4.78, 5) is 18.8. The molecule has 0 saturated carbocycles. The van der Waals surface area contributed by atoms with Gasteiger partial charge in [0, 0.05) is 25.4 Å². The molecule has 3 aromatic carbocycles. The van der Waals surface area contributed by atoms with Crippen LogP contribution in [0.2, 0.25) is 0 Å². The van der Waals surface area contributed by atoms with Crippen LogP contribution in [0.3, 0.4) is 0 Å². The van der Waals surface area contributed by atoms with E-state index >= 15 is 0 Å². The van der Waals surface area contributed by atoms with Crippen LogP contribution in [-0.4, -0.2) is 28.4 Å². The van der Waals surface area contributed by atoms with Crippen LogP contribution in [0.25, 0.3) is 0 Å². The SMILES string of the molecule is O=C1CC[C@@H](COC(c2ccccc2)(c2ccccc2)c2ccccc2)N1Cc1ccncc1. The number of amides is 1. The lowest BCUT2D eigenvalue weighted by Crippen LogP contribution is -2.40. The Morgan fingerprint density at radius 1 is 0.765 bits per heavy atom. The topological polar surface area (TPSA) is 42.4 Å². The molecule has 0 spiro atoms. The molecule has 1 fully saturated rings. The van der Waals surface area contributed by atoms with E-state index in [1.54, 1.807) is 12.4 Å². The van der Waals surface area contributed by atoms with Gasteiger partial charge in [-0.15, -0.1) is 0 Å². The summed E-state index contributed by atoms with van der Waals surface area (Å²) in [6.07, 6.45) is 4.88. The largest absolute Gasteiger partial charge is 0.359 e. The molecule has 4 heteroatoms. The Morgan fingerprint density at radius 2 is 1.26 bits per heavy atom. The van der Waals surface area contributed by atoms with E-state index in [1.165, 1.54) is 0 Å². The van der Waals surface area contributed by atoms with Gasteiger partial charge in [-0.25, -0.2) is 0 Å². The number of likely N-dealkylation sites (tertiary alicyclic amines) is 1. The summed E-state index contributed by atoms with van der Waals surface area (Å²) < 4.78 is 6.98. The molecule has 4 aromatic rings. The zero-order valence-corrected chi connectivity index (χ0v) is 19.1. The normalized spacial score (nSPS) is 16.1. The predicted octanol–water partition coefficient (Wildman–Crippen LogP) is 5.58. The molecular weight excluding hydrogens is 420 g/mol. The van der Waals surface area contributed by atoms with E-state index in [1.807, 2.05) is 71.6 Å². The zero-order valence-electron chi connectivity index (χ0n) is 19.1. The van der Waals surface area contributed by atoms with Gasteiger partial charge in [-0.05, 0) is 40.8 Å². The molecule has 34 heavy (non-hydrogen) atoms. The molecule has 0 unspecified atom stereocenters. The summed E-state index contributed by atoms with van der Waals surface area (Å²) in [7, 11) is 0. The second-order valence-corrected chi connectivity index (χ2v) is 8.66. The molecule has 0 radical (unpaired) electrons. The van der Waals surface area contributed by atoms with E-state index in [9.17, 15) is 4.79 Å². The Hall–Kier alpha value is -3.76. The van der Waals surface area contributed by atoms with Crippen molar-refractivity contribution in [3.8, 4) is 0 Å². The van der Waals surface area contributed by atoms with Crippen LogP contribution in [0.15, 0.2) is 116 Å². The zero-order chi connectivity index (χ0) is 23.2. The predicted molar refractivity (Wildman–Crippen MR) is 133 cm³/mol. The lowest BCUT2D eigenvalue weighted by atomic mass is 9.80. The molecule has 1 aliphatic rings. The van der Waals surface area contributed by atoms with Crippen molar-refractivity contribution in [2.45, 2.75) is 31.0 Å². The van der Waals surface area contributed by atoms with Crippen molar-refractivity contribution in [2.75, 3.05) is 6.61 Å². The van der Waals surface area contributed by atoms with Gasteiger partial charge in [-0.2, -0.15) is 0 Å². The first kappa shape index (κ1) is 22.1. The number of carbonyl (C=O) groups excluding carboxylic acids is 1. The first-order chi connectivity index (χ1) is 16.8. The molecule has 5 rings (SSSR count). The quantitative estimate of drug-likeness (QED) is 0.331. The van der Waals surface area contributed by atoms with Crippen molar-refractivity contribution in [1.82, 2.24) is 9.88 Å². The van der Waals surface area contributed by atoms with E-state index in [0.29, 0.717) is 19.6 Å². The summed E-state index contributed by atoms with van der Waals surface area (Å²) >= 11 is 0. The minimum atomic E-state index is -0.780. The Bertz CT molecular complexity index is 1100. The first-order valence-corrected chi connectivity index (χ1v) is 11.8. The van der Waals surface area contributed by atoms with E-state index < -0.39 is 5.60 Å². The van der Waals surface area contributed by atoms with Gasteiger partial charge < -0.3 is 9.64 Å². The summed E-state index contributed by atoms with van der Waals surface area (Å²) in [6.45, 7) is 1.01. The molecular formula is C30H28N2O2. The highest BCUT2D eigenvalue weighted by atomic mass is 16.5. The molecule has 170 valence electrons. The average molecular weight is 449 g/mol. The molecule has 4 nitrogen and oxygen atoms in total. The highest BCUT2D eigenvalue weighted by molar-refractivity contribution is 5.78. The third-order valence-corrected chi connectivity index (χ3v) is 6.59. The number of benzene rings is 3. The fraction of sp³-hybridized carbons (Fsp3) is 0.200. The molecule has 2 heterocycles. The third-order valence-electron chi connectivity index (χ3n) is 6.59. The highest BCUT2D eigenvalue weighted by Gasteiger charge is 2.40. The summed E-state index contributed by atoms with van der Waals surface area (Å²) in [5, 5.41) is 0. The molecule has 1 aliphatic heterocycles. The van der Waals surface area contributed by atoms with E-state index in [-0.39, 0.29) is 11.9 Å². The number of nitrogens with zero attached hydrogens (tertiary/aromatic N) is 2. The molecule has 1 saturated heterocycles. The lowest BCUT2D eigenvalue weighted by molar-refractivity contribution is -0.131. The standard InChI is InChI=1S/C30H28N2O2/c33-29-17-16-28(32(29)22-24-18-20-31-21-19-24)23-34-30(25-10-4-1-5-11-25,26-12-6-2-7-13-26)27-14-8-3-9-15-27/h1-15,18-21,28H,16-17,22-23H2/t28-/m0/s1. The van der Waals surface area contributed by atoms with Gasteiger partial charge in [0.05, 0.1) is 12.6 Å². The molecule has 0 bridgehead atoms. The van der Waals surface area contributed by atoms with Gasteiger partial charge in [-0.3, -0.25) is 9.78 Å². The van der Waals surface area contributed by atoms with Crippen molar-refractivity contribution in [3.63, 3.8) is 0 Å². The number of ether oxygens (including phenoxy) is 1. The number of hydrogen-bond donors (Lipinski definition) is 0. The van der Waals surface area contributed by atoms with Gasteiger partial charge in [0.15, 0.2) is 0 Å². The van der Waals surface area contributed by atoms with E-state index in [4.69, 9.17) is 4.74 Å². The third kappa shape index (κ3) is 4.37. The minimum absolute atomic E-state index is 0.0103. The molecule has 0 N–H and O–H groups in total.